The molecule has 110 valence electrons. The molecule has 0 unspecified atom stereocenters. The van der Waals surface area contributed by atoms with Crippen LogP contribution in [-0.4, -0.2) is 9.55 Å². The lowest BCUT2D eigenvalue weighted by atomic mass is 10.2. The summed E-state index contributed by atoms with van der Waals surface area (Å²) >= 11 is 2.28. The van der Waals surface area contributed by atoms with Gasteiger partial charge in [-0.25, -0.2) is 9.55 Å². The van der Waals surface area contributed by atoms with Crippen molar-refractivity contribution >= 4 is 33.6 Å². The Morgan fingerprint density at radius 3 is 2.57 bits per heavy atom. The van der Waals surface area contributed by atoms with Crippen molar-refractivity contribution in [2.45, 2.75) is 0 Å². The van der Waals surface area contributed by atoms with Gasteiger partial charge in [0.1, 0.15) is 0 Å². The highest BCUT2D eigenvalue weighted by molar-refractivity contribution is 14.1. The number of halogens is 1. The molecule has 0 spiro atoms. The van der Waals surface area contributed by atoms with E-state index in [1.807, 2.05) is 65.2 Å². The molecule has 0 atom stereocenters. The first-order valence-electron chi connectivity index (χ1n) is 7.10. The second-order valence-electron chi connectivity index (χ2n) is 4.98. The van der Waals surface area contributed by atoms with Gasteiger partial charge >= 0.3 is 0 Å². The van der Waals surface area contributed by atoms with Gasteiger partial charge in [-0.05, 0) is 77.0 Å². The molecule has 0 amide bonds. The number of imidazole rings is 1. The molecule has 0 N–H and O–H groups in total. The number of furan rings is 1. The summed E-state index contributed by atoms with van der Waals surface area (Å²) in [4.78, 5) is 4.65. The third kappa shape index (κ3) is 2.76. The highest BCUT2D eigenvalue weighted by Gasteiger charge is 2.12. The van der Waals surface area contributed by atoms with Crippen molar-refractivity contribution in [3.8, 4) is 23.5 Å². The maximum atomic E-state index is 5.51. The third-order valence-electron chi connectivity index (χ3n) is 3.46. The lowest BCUT2D eigenvalue weighted by Crippen LogP contribution is -1.92. The molecule has 4 aromatic rings. The topological polar surface area (TPSA) is 31.0 Å². The van der Waals surface area contributed by atoms with Crippen LogP contribution in [-0.2, 0) is 0 Å². The second-order valence-corrected chi connectivity index (χ2v) is 6.23. The molecule has 2 aromatic heterocycles. The molecule has 4 rings (SSSR count). The first-order valence-corrected chi connectivity index (χ1v) is 8.18. The minimum atomic E-state index is 0.707. The molecule has 23 heavy (non-hydrogen) atoms. The molecule has 0 fully saturated rings. The van der Waals surface area contributed by atoms with Crippen LogP contribution in [0.25, 0.3) is 22.6 Å². The van der Waals surface area contributed by atoms with Crippen LogP contribution in [0.15, 0.2) is 71.3 Å². The minimum absolute atomic E-state index is 0.707. The fraction of sp³-hybridized carbons (Fsp3) is 0. The van der Waals surface area contributed by atoms with Gasteiger partial charge in [-0.3, -0.25) is 0 Å². The predicted molar refractivity (Wildman–Crippen MR) is 98.9 cm³/mol. The van der Waals surface area contributed by atoms with Gasteiger partial charge < -0.3 is 4.42 Å². The summed E-state index contributed by atoms with van der Waals surface area (Å²) in [6.45, 7) is 0. The second kappa shape index (κ2) is 5.94. The first kappa shape index (κ1) is 14.1. The van der Waals surface area contributed by atoms with Gasteiger partial charge in [-0.1, -0.05) is 12.1 Å². The van der Waals surface area contributed by atoms with E-state index in [2.05, 4.69) is 39.5 Å². The molecular formula is C19H11IN2O. The fourth-order valence-corrected chi connectivity index (χ4v) is 2.72. The fourth-order valence-electron chi connectivity index (χ4n) is 2.36. The Kier molecular flexibility index (Phi) is 3.64. The van der Waals surface area contributed by atoms with Crippen LogP contribution in [0, 0.1) is 15.5 Å². The number of hydrogen-bond acceptors (Lipinski definition) is 2. The summed E-state index contributed by atoms with van der Waals surface area (Å²) < 4.78 is 8.58. The van der Waals surface area contributed by atoms with Crippen LogP contribution in [0.2, 0.25) is 0 Å². The molecule has 4 heteroatoms. The SMILES string of the molecule is Ic1ccc(C#Cn2c(-c3ccco3)nc3ccccc32)cc1. The van der Waals surface area contributed by atoms with Crippen molar-refractivity contribution in [1.82, 2.24) is 9.55 Å². The van der Waals surface area contributed by atoms with E-state index in [0.29, 0.717) is 11.6 Å². The molecule has 0 aliphatic carbocycles. The third-order valence-corrected chi connectivity index (χ3v) is 4.18. The number of fused-ring (bicyclic) bond motifs is 1. The molecule has 0 bridgehead atoms. The standard InChI is InChI=1S/C19H11IN2O/c20-15-9-7-14(8-10-15)11-12-22-17-5-2-1-4-16(17)21-19(22)18-6-3-13-23-18/h1-10,13H. The lowest BCUT2D eigenvalue weighted by molar-refractivity contribution is 0.577. The molecular weight excluding hydrogens is 399 g/mol. The van der Waals surface area contributed by atoms with E-state index in [1.54, 1.807) is 6.26 Å². The van der Waals surface area contributed by atoms with E-state index in [4.69, 9.17) is 4.42 Å². The zero-order chi connectivity index (χ0) is 15.6. The molecule has 0 radical (unpaired) electrons. The van der Waals surface area contributed by atoms with Gasteiger partial charge in [-0.2, -0.15) is 0 Å². The number of para-hydroxylation sites is 2. The molecule has 2 heterocycles. The van der Waals surface area contributed by atoms with Gasteiger partial charge in [-0.15, -0.1) is 0 Å². The van der Waals surface area contributed by atoms with Crippen LogP contribution < -0.4 is 0 Å². The number of hydrogen-bond donors (Lipinski definition) is 0. The smallest absolute Gasteiger partial charge is 0.189 e. The number of benzene rings is 2. The quantitative estimate of drug-likeness (QED) is 0.335. The molecule has 0 aliphatic heterocycles. The Morgan fingerprint density at radius 2 is 1.78 bits per heavy atom. The molecule has 0 saturated carbocycles. The number of aromatic nitrogens is 2. The number of rotatable bonds is 1. The van der Waals surface area contributed by atoms with E-state index >= 15 is 0 Å². The van der Waals surface area contributed by atoms with Crippen LogP contribution in [0.1, 0.15) is 5.56 Å². The predicted octanol–water partition coefficient (Wildman–Crippen LogP) is 4.76. The zero-order valence-corrected chi connectivity index (χ0v) is 14.2. The lowest BCUT2D eigenvalue weighted by Gasteiger charge is -1.98. The summed E-state index contributed by atoms with van der Waals surface area (Å²) in [5.74, 6) is 4.62. The van der Waals surface area contributed by atoms with Crippen LogP contribution in [0.3, 0.4) is 0 Å². The Hall–Kier alpha value is -2.52. The summed E-state index contributed by atoms with van der Waals surface area (Å²) in [6, 6.07) is 23.0. The van der Waals surface area contributed by atoms with Crippen LogP contribution in [0.4, 0.5) is 0 Å². The first-order chi connectivity index (χ1) is 11.3. The van der Waals surface area contributed by atoms with E-state index in [0.717, 1.165) is 16.6 Å². The minimum Gasteiger partial charge on any atom is -0.461 e. The van der Waals surface area contributed by atoms with E-state index in [9.17, 15) is 0 Å². The van der Waals surface area contributed by atoms with Crippen molar-refractivity contribution in [2.24, 2.45) is 0 Å². The average Bonchev–Trinajstić information content (AvgIpc) is 3.22. The Morgan fingerprint density at radius 1 is 0.957 bits per heavy atom. The maximum absolute atomic E-state index is 5.51. The largest absolute Gasteiger partial charge is 0.461 e. The number of nitrogens with zero attached hydrogens (tertiary/aromatic N) is 2. The summed E-state index contributed by atoms with van der Waals surface area (Å²) in [5.41, 5.74) is 2.83. The average molecular weight is 410 g/mol. The Bertz CT molecular complexity index is 1020. The summed E-state index contributed by atoms with van der Waals surface area (Å²) in [6.07, 6.45) is 1.64. The maximum Gasteiger partial charge on any atom is 0.189 e. The van der Waals surface area contributed by atoms with Crippen molar-refractivity contribution in [2.75, 3.05) is 0 Å². The van der Waals surface area contributed by atoms with Crippen molar-refractivity contribution in [3.63, 3.8) is 0 Å². The molecule has 0 aliphatic rings. The van der Waals surface area contributed by atoms with E-state index in [-0.39, 0.29) is 0 Å². The van der Waals surface area contributed by atoms with Gasteiger partial charge in [0.2, 0.25) is 0 Å². The Balaban J connectivity index is 1.88. The monoisotopic (exact) mass is 410 g/mol. The van der Waals surface area contributed by atoms with Crippen molar-refractivity contribution in [1.29, 1.82) is 0 Å². The van der Waals surface area contributed by atoms with Gasteiger partial charge in [0.05, 0.1) is 17.3 Å². The molecule has 0 saturated heterocycles. The van der Waals surface area contributed by atoms with Crippen LogP contribution in [0.5, 0.6) is 0 Å². The van der Waals surface area contributed by atoms with Crippen molar-refractivity contribution in [3.05, 3.63) is 76.1 Å². The molecule has 3 nitrogen and oxygen atoms in total. The highest BCUT2D eigenvalue weighted by atomic mass is 127. The summed E-state index contributed by atoms with van der Waals surface area (Å²) in [7, 11) is 0. The normalized spacial score (nSPS) is 10.5. The van der Waals surface area contributed by atoms with E-state index < -0.39 is 0 Å². The van der Waals surface area contributed by atoms with Crippen LogP contribution >= 0.6 is 22.6 Å². The van der Waals surface area contributed by atoms with Gasteiger partial charge in [0.25, 0.3) is 0 Å². The molecule has 2 aromatic carbocycles. The Labute approximate surface area is 147 Å². The van der Waals surface area contributed by atoms with E-state index in [1.165, 1.54) is 3.57 Å². The summed E-state index contributed by atoms with van der Waals surface area (Å²) in [5, 5.41) is 0. The van der Waals surface area contributed by atoms with Gasteiger partial charge in [0, 0.05) is 15.2 Å². The van der Waals surface area contributed by atoms with Crippen molar-refractivity contribution < 1.29 is 4.42 Å². The highest BCUT2D eigenvalue weighted by Crippen LogP contribution is 2.24. The van der Waals surface area contributed by atoms with Gasteiger partial charge in [0.15, 0.2) is 11.6 Å². The zero-order valence-electron chi connectivity index (χ0n) is 12.0.